The summed E-state index contributed by atoms with van der Waals surface area (Å²) in [5.41, 5.74) is 2.86. The SMILES string of the molecule is CC(C)[Si](C#Cc1c(F)ccc2cc(NC(=O)OC(C)(C)C)cc(-c3nc4c5c(nc([S+](C)[O-])nc5c3F)N3C[C@H]5CC[C@@H]([C@H]3[C@H](C)O4)N5C(=O)OC(C)(C)C)c12)(C(C)C)C(C)C. The molecule has 4 aromatic rings. The van der Waals surface area contributed by atoms with Crippen molar-refractivity contribution in [2.24, 2.45) is 0 Å². The first kappa shape index (κ1) is 46.3. The predicted octanol–water partition coefficient (Wildman–Crippen LogP) is 10.5. The molecule has 0 aliphatic carbocycles. The quantitative estimate of drug-likeness (QED) is 0.0860. The van der Waals surface area contributed by atoms with Crippen LogP contribution in [0.2, 0.25) is 16.6 Å². The van der Waals surface area contributed by atoms with E-state index in [0.717, 1.165) is 0 Å². The van der Waals surface area contributed by atoms with Gasteiger partial charge in [-0.05, 0) is 102 Å². The molecule has 2 aromatic carbocycles. The summed E-state index contributed by atoms with van der Waals surface area (Å²) in [7, 11) is -2.40. The van der Waals surface area contributed by atoms with Crippen molar-refractivity contribution in [3.05, 3.63) is 41.5 Å². The molecule has 3 aliphatic rings. The number of fused-ring (bicyclic) bond motifs is 6. The van der Waals surface area contributed by atoms with Crippen LogP contribution >= 0.6 is 0 Å². The van der Waals surface area contributed by atoms with Gasteiger partial charge in [0.2, 0.25) is 5.88 Å². The predicted molar refractivity (Wildman–Crippen MR) is 246 cm³/mol. The van der Waals surface area contributed by atoms with Crippen LogP contribution < -0.4 is 15.0 Å². The summed E-state index contributed by atoms with van der Waals surface area (Å²) < 4.78 is 65.9. The number of aromatic nitrogens is 3. The number of ether oxygens (including phenoxy) is 3. The Bertz CT molecular complexity index is 2530. The van der Waals surface area contributed by atoms with Crippen molar-refractivity contribution in [2.75, 3.05) is 23.0 Å². The zero-order valence-electron chi connectivity index (χ0n) is 38.8. The average molecular weight is 903 g/mol. The lowest BCUT2D eigenvalue weighted by atomic mass is 9.95. The molecule has 3 aliphatic heterocycles. The minimum atomic E-state index is -2.40. The molecule has 5 atom stereocenters. The molecule has 0 saturated carbocycles. The summed E-state index contributed by atoms with van der Waals surface area (Å²) in [5.74, 6) is 2.13. The van der Waals surface area contributed by atoms with E-state index in [1.54, 1.807) is 37.8 Å². The largest absolute Gasteiger partial charge is 0.609 e. The van der Waals surface area contributed by atoms with Crippen molar-refractivity contribution >= 4 is 64.6 Å². The van der Waals surface area contributed by atoms with E-state index in [1.807, 2.05) is 32.6 Å². The fourth-order valence-corrected chi connectivity index (χ4v) is 15.8. The van der Waals surface area contributed by atoms with Gasteiger partial charge < -0.3 is 23.7 Å². The third-order valence-corrected chi connectivity index (χ3v) is 19.6. The van der Waals surface area contributed by atoms with Crippen LogP contribution in [0, 0.1) is 23.1 Å². The number of nitrogens with one attached hydrogen (secondary N) is 1. The van der Waals surface area contributed by atoms with Gasteiger partial charge in [0.15, 0.2) is 11.6 Å². The van der Waals surface area contributed by atoms with Crippen LogP contribution in [-0.2, 0) is 20.6 Å². The molecular weight excluding hydrogens is 843 g/mol. The average Bonchev–Trinajstić information content (AvgIpc) is 3.40. The number of benzene rings is 2. The molecule has 2 saturated heterocycles. The third-order valence-electron chi connectivity index (χ3n) is 12.6. The van der Waals surface area contributed by atoms with Crippen LogP contribution in [0.15, 0.2) is 29.4 Å². The number of anilines is 2. The Morgan fingerprint density at radius 2 is 1.60 bits per heavy atom. The standard InChI is InChI=1S/C47H60F2N6O6SSi/c1-24(2)63(25(3)4,26(5)6)20-19-31-33(48)17-15-28-21-29(50-44(56)60-46(8,9)10)22-32(35(28)31)38-37(49)39-36-41(53-43(52-39)62(14)58)54-23-30-16-18-34(40(54)27(7)59-42(36)51-38)55(30)45(57)61-47(11,12)13/h15,17,21-22,24-27,30,34,40H,16,18,23H2,1-14H3,(H,50,56)/t27-,30+,34-,40+,62?/m0/s1. The number of hydrogen-bond donors (Lipinski definition) is 1. The number of rotatable bonds is 6. The fraction of sp³-hybridized carbons (Fsp3) is 0.553. The number of hydrogen-bond acceptors (Lipinski definition) is 10. The first-order chi connectivity index (χ1) is 29.3. The molecule has 12 nitrogen and oxygen atoms in total. The van der Waals surface area contributed by atoms with Gasteiger partial charge in [-0.15, -0.1) is 5.54 Å². The minimum Gasteiger partial charge on any atom is -0.609 e. The second-order valence-corrected chi connectivity index (χ2v) is 26.9. The maximum Gasteiger partial charge on any atom is 0.412 e. The molecule has 2 bridgehead atoms. The summed E-state index contributed by atoms with van der Waals surface area (Å²) >= 11 is -1.75. The highest BCUT2D eigenvalue weighted by molar-refractivity contribution is 7.90. The number of carbonyl (C=O) groups is 2. The summed E-state index contributed by atoms with van der Waals surface area (Å²) in [6.07, 6.45) is 0.997. The van der Waals surface area contributed by atoms with Crippen molar-refractivity contribution in [3.8, 4) is 28.6 Å². The number of carbonyl (C=O) groups excluding carboxylic acids is 2. The van der Waals surface area contributed by atoms with E-state index in [4.69, 9.17) is 24.2 Å². The highest BCUT2D eigenvalue weighted by atomic mass is 32.2. The smallest absolute Gasteiger partial charge is 0.412 e. The van der Waals surface area contributed by atoms with Crippen LogP contribution in [0.4, 0.5) is 29.9 Å². The van der Waals surface area contributed by atoms with E-state index in [2.05, 4.69) is 63.3 Å². The Morgan fingerprint density at radius 1 is 0.952 bits per heavy atom. The van der Waals surface area contributed by atoms with Crippen LogP contribution in [-0.4, -0.2) is 92.9 Å². The van der Waals surface area contributed by atoms with Gasteiger partial charge in [-0.3, -0.25) is 10.2 Å². The fourth-order valence-electron chi connectivity index (χ4n) is 10.2. The van der Waals surface area contributed by atoms with E-state index in [1.165, 1.54) is 18.4 Å². The topological polar surface area (TPSA) is 142 Å². The normalized spacial score (nSPS) is 20.4. The maximum absolute atomic E-state index is 17.9. The lowest BCUT2D eigenvalue weighted by molar-refractivity contribution is 0.000925. The number of nitrogens with zero attached hydrogens (tertiary/aromatic N) is 5. The molecular formula is C47H60F2N6O6SSi. The summed E-state index contributed by atoms with van der Waals surface area (Å²) in [6, 6.07) is 5.02. The lowest BCUT2D eigenvalue weighted by Crippen LogP contribution is -2.65. The highest BCUT2D eigenvalue weighted by Crippen LogP contribution is 2.48. The van der Waals surface area contributed by atoms with Crippen LogP contribution in [0.5, 0.6) is 5.88 Å². The van der Waals surface area contributed by atoms with Crippen LogP contribution in [0.3, 0.4) is 0 Å². The number of amides is 2. The Balaban J connectivity index is 1.50. The molecule has 2 aromatic heterocycles. The summed E-state index contributed by atoms with van der Waals surface area (Å²) in [6.45, 7) is 25.9. The summed E-state index contributed by atoms with van der Waals surface area (Å²) in [5, 5.41) is 3.61. The summed E-state index contributed by atoms with van der Waals surface area (Å²) in [4.78, 5) is 45.0. The van der Waals surface area contributed by atoms with E-state index in [9.17, 15) is 14.1 Å². The van der Waals surface area contributed by atoms with Crippen LogP contribution in [0.1, 0.15) is 108 Å². The molecule has 2 fully saturated rings. The van der Waals surface area contributed by atoms with Gasteiger partial charge in [0.1, 0.15) is 54.0 Å². The zero-order valence-corrected chi connectivity index (χ0v) is 40.6. The van der Waals surface area contributed by atoms with E-state index in [0.29, 0.717) is 30.6 Å². The van der Waals surface area contributed by atoms with Gasteiger partial charge in [0, 0.05) is 34.4 Å². The maximum atomic E-state index is 17.9. The van der Waals surface area contributed by atoms with Gasteiger partial charge in [-0.2, -0.15) is 9.97 Å². The first-order valence-electron chi connectivity index (χ1n) is 21.8. The highest BCUT2D eigenvalue weighted by Gasteiger charge is 2.54. The van der Waals surface area contributed by atoms with Crippen molar-refractivity contribution in [2.45, 2.75) is 160 Å². The molecule has 2 amide bonds. The van der Waals surface area contributed by atoms with Gasteiger partial charge in [-0.1, -0.05) is 53.5 Å². The van der Waals surface area contributed by atoms with Crippen molar-refractivity contribution in [3.63, 3.8) is 0 Å². The first-order valence-corrected chi connectivity index (χ1v) is 25.6. The molecule has 5 heterocycles. The number of piperazine rings is 1. The number of pyridine rings is 1. The Labute approximate surface area is 373 Å². The van der Waals surface area contributed by atoms with Gasteiger partial charge in [-0.25, -0.2) is 23.4 Å². The minimum absolute atomic E-state index is 0.0139. The van der Waals surface area contributed by atoms with E-state index < -0.39 is 66.4 Å². The second-order valence-electron chi connectivity index (χ2n) is 20.1. The zero-order chi connectivity index (χ0) is 46.2. The lowest BCUT2D eigenvalue weighted by Gasteiger charge is -2.48. The molecule has 1 unspecified atom stereocenters. The van der Waals surface area contributed by atoms with E-state index in [-0.39, 0.29) is 78.5 Å². The van der Waals surface area contributed by atoms with E-state index >= 15 is 8.78 Å². The van der Waals surface area contributed by atoms with Gasteiger partial charge >= 0.3 is 17.3 Å². The molecule has 1 N–H and O–H groups in total. The Kier molecular flexibility index (Phi) is 12.3. The van der Waals surface area contributed by atoms with Crippen LogP contribution in [0.25, 0.3) is 32.9 Å². The Hall–Kier alpha value is -4.72. The second kappa shape index (κ2) is 16.7. The van der Waals surface area contributed by atoms with Crippen molar-refractivity contribution in [1.29, 1.82) is 0 Å². The molecule has 0 radical (unpaired) electrons. The molecule has 0 spiro atoms. The van der Waals surface area contributed by atoms with Gasteiger partial charge in [0.25, 0.3) is 0 Å². The Morgan fingerprint density at radius 3 is 2.21 bits per heavy atom. The van der Waals surface area contributed by atoms with Gasteiger partial charge in [0.05, 0.1) is 23.7 Å². The third kappa shape index (κ3) is 8.53. The molecule has 338 valence electrons. The monoisotopic (exact) mass is 902 g/mol. The molecule has 63 heavy (non-hydrogen) atoms. The molecule has 7 rings (SSSR count). The number of halogens is 2. The van der Waals surface area contributed by atoms with Crippen molar-refractivity contribution in [1.82, 2.24) is 19.9 Å². The van der Waals surface area contributed by atoms with Crippen molar-refractivity contribution < 1.29 is 37.1 Å². The molecule has 16 heteroatoms.